The molecule has 0 unspecified atom stereocenters. The number of nitriles is 2. The first kappa shape index (κ1) is 14.2. The lowest BCUT2D eigenvalue weighted by Gasteiger charge is -2.27. The molecule has 1 rings (SSSR count). The first-order chi connectivity index (χ1) is 8.53. The van der Waals surface area contributed by atoms with Crippen LogP contribution in [0.4, 0.5) is 0 Å². The van der Waals surface area contributed by atoms with Gasteiger partial charge >= 0.3 is 0 Å². The van der Waals surface area contributed by atoms with E-state index in [4.69, 9.17) is 22.0 Å². The highest BCUT2D eigenvalue weighted by molar-refractivity contribution is 5.39. The van der Waals surface area contributed by atoms with Gasteiger partial charge in [0.1, 0.15) is 0 Å². The summed E-state index contributed by atoms with van der Waals surface area (Å²) in [5, 5.41) is 17.3. The van der Waals surface area contributed by atoms with Crippen molar-refractivity contribution < 1.29 is 0 Å². The summed E-state index contributed by atoms with van der Waals surface area (Å²) in [5.41, 5.74) is 14.2. The Morgan fingerprint density at radius 2 is 1.83 bits per heavy atom. The lowest BCUT2D eigenvalue weighted by molar-refractivity contribution is 0.428. The molecular formula is C14H18N4. The van der Waals surface area contributed by atoms with Crippen LogP contribution in [0.2, 0.25) is 0 Å². The van der Waals surface area contributed by atoms with E-state index >= 15 is 0 Å². The zero-order valence-corrected chi connectivity index (χ0v) is 10.6. The fraction of sp³-hybridized carbons (Fsp3) is 0.429. The van der Waals surface area contributed by atoms with Gasteiger partial charge in [-0.3, -0.25) is 0 Å². The van der Waals surface area contributed by atoms with E-state index in [2.05, 4.69) is 12.1 Å². The molecule has 0 aliphatic carbocycles. The Labute approximate surface area is 108 Å². The van der Waals surface area contributed by atoms with Gasteiger partial charge in [0.25, 0.3) is 0 Å². The number of hydrogen-bond acceptors (Lipinski definition) is 4. The largest absolute Gasteiger partial charge is 0.310 e. The number of aryl methyl sites for hydroxylation is 1. The standard InChI is InChI=1S/C14H18N4/c1-11-5-2-7-13(12(11)6-3-9-15)14(17,18)8-4-10-16/h2,5,7H,3-4,6,8,17-18H2,1H3. The van der Waals surface area contributed by atoms with Crippen LogP contribution in [0.1, 0.15) is 36.0 Å². The van der Waals surface area contributed by atoms with Crippen molar-refractivity contribution in [2.24, 2.45) is 11.5 Å². The summed E-state index contributed by atoms with van der Waals surface area (Å²) >= 11 is 0. The van der Waals surface area contributed by atoms with Crippen molar-refractivity contribution in [3.05, 3.63) is 34.9 Å². The van der Waals surface area contributed by atoms with E-state index in [0.29, 0.717) is 25.7 Å². The van der Waals surface area contributed by atoms with Gasteiger partial charge in [-0.25, -0.2) is 0 Å². The van der Waals surface area contributed by atoms with Crippen LogP contribution in [-0.4, -0.2) is 0 Å². The van der Waals surface area contributed by atoms with Crippen LogP contribution < -0.4 is 11.5 Å². The number of rotatable bonds is 5. The Kier molecular flexibility index (Phi) is 4.85. The lowest BCUT2D eigenvalue weighted by atomic mass is 9.88. The summed E-state index contributed by atoms with van der Waals surface area (Å²) in [6.45, 7) is 1.98. The molecule has 1 aromatic rings. The molecule has 0 aliphatic heterocycles. The van der Waals surface area contributed by atoms with E-state index < -0.39 is 5.66 Å². The highest BCUT2D eigenvalue weighted by Gasteiger charge is 2.24. The highest BCUT2D eigenvalue weighted by atomic mass is 15.0. The molecule has 0 heterocycles. The third kappa shape index (κ3) is 3.30. The second kappa shape index (κ2) is 6.16. The smallest absolute Gasteiger partial charge is 0.0912 e. The third-order valence-corrected chi connectivity index (χ3v) is 3.05. The van der Waals surface area contributed by atoms with Gasteiger partial charge in [-0.1, -0.05) is 18.2 Å². The normalized spacial score (nSPS) is 10.7. The Morgan fingerprint density at radius 1 is 1.17 bits per heavy atom. The molecule has 0 bridgehead atoms. The van der Waals surface area contributed by atoms with Gasteiger partial charge in [-0.05, 0) is 36.5 Å². The van der Waals surface area contributed by atoms with Crippen molar-refractivity contribution in [2.45, 2.75) is 38.3 Å². The fourth-order valence-electron chi connectivity index (χ4n) is 2.05. The van der Waals surface area contributed by atoms with Gasteiger partial charge in [-0.15, -0.1) is 0 Å². The summed E-state index contributed by atoms with van der Waals surface area (Å²) in [7, 11) is 0. The van der Waals surface area contributed by atoms with Crippen LogP contribution in [-0.2, 0) is 12.1 Å². The molecule has 0 saturated heterocycles. The van der Waals surface area contributed by atoms with Gasteiger partial charge in [0.2, 0.25) is 0 Å². The fourth-order valence-corrected chi connectivity index (χ4v) is 2.05. The second-order valence-electron chi connectivity index (χ2n) is 4.46. The molecule has 94 valence electrons. The highest BCUT2D eigenvalue weighted by Crippen LogP contribution is 2.25. The maximum Gasteiger partial charge on any atom is 0.0912 e. The molecule has 4 nitrogen and oxygen atoms in total. The van der Waals surface area contributed by atoms with Crippen molar-refractivity contribution in [3.8, 4) is 12.1 Å². The molecule has 0 aliphatic rings. The van der Waals surface area contributed by atoms with Crippen LogP contribution >= 0.6 is 0 Å². The van der Waals surface area contributed by atoms with Crippen LogP contribution in [0.15, 0.2) is 18.2 Å². The SMILES string of the molecule is Cc1cccc(C(N)(N)CCC#N)c1CCC#N. The van der Waals surface area contributed by atoms with E-state index in [1.807, 2.05) is 25.1 Å². The summed E-state index contributed by atoms with van der Waals surface area (Å²) in [6.07, 6.45) is 1.80. The monoisotopic (exact) mass is 242 g/mol. The predicted molar refractivity (Wildman–Crippen MR) is 70.0 cm³/mol. The lowest BCUT2D eigenvalue weighted by Crippen LogP contribution is -2.46. The van der Waals surface area contributed by atoms with Gasteiger partial charge < -0.3 is 11.5 Å². The molecular weight excluding hydrogens is 224 g/mol. The average Bonchev–Trinajstić information content (AvgIpc) is 2.34. The Balaban J connectivity index is 3.11. The van der Waals surface area contributed by atoms with Crippen molar-refractivity contribution >= 4 is 0 Å². The van der Waals surface area contributed by atoms with Crippen LogP contribution in [0.25, 0.3) is 0 Å². The van der Waals surface area contributed by atoms with Crippen LogP contribution in [0.5, 0.6) is 0 Å². The van der Waals surface area contributed by atoms with E-state index in [0.717, 1.165) is 16.7 Å². The first-order valence-corrected chi connectivity index (χ1v) is 5.93. The molecule has 0 spiro atoms. The average molecular weight is 242 g/mol. The quantitative estimate of drug-likeness (QED) is 0.769. The molecule has 0 radical (unpaired) electrons. The topological polar surface area (TPSA) is 99.6 Å². The number of benzene rings is 1. The van der Waals surface area contributed by atoms with E-state index in [9.17, 15) is 0 Å². The molecule has 0 amide bonds. The summed E-state index contributed by atoms with van der Waals surface area (Å²) in [6, 6.07) is 9.96. The van der Waals surface area contributed by atoms with E-state index in [1.165, 1.54) is 0 Å². The van der Waals surface area contributed by atoms with Crippen molar-refractivity contribution in [1.29, 1.82) is 10.5 Å². The van der Waals surface area contributed by atoms with Gasteiger partial charge in [0, 0.05) is 12.8 Å². The Morgan fingerprint density at radius 3 is 2.44 bits per heavy atom. The summed E-state index contributed by atoms with van der Waals surface area (Å²) in [5.74, 6) is 0. The molecule has 0 fully saturated rings. The van der Waals surface area contributed by atoms with Gasteiger partial charge in [0.05, 0.1) is 17.8 Å². The zero-order chi connectivity index (χ0) is 13.6. The number of nitrogens with two attached hydrogens (primary N) is 2. The first-order valence-electron chi connectivity index (χ1n) is 5.93. The number of nitrogens with zero attached hydrogens (tertiary/aromatic N) is 2. The Hall–Kier alpha value is -1.88. The maximum absolute atomic E-state index is 8.70. The van der Waals surface area contributed by atoms with E-state index in [-0.39, 0.29) is 0 Å². The zero-order valence-electron chi connectivity index (χ0n) is 10.6. The molecule has 1 aromatic carbocycles. The van der Waals surface area contributed by atoms with Crippen LogP contribution in [0, 0.1) is 29.6 Å². The summed E-state index contributed by atoms with van der Waals surface area (Å²) < 4.78 is 0. The third-order valence-electron chi connectivity index (χ3n) is 3.05. The second-order valence-corrected chi connectivity index (χ2v) is 4.46. The van der Waals surface area contributed by atoms with Crippen molar-refractivity contribution in [1.82, 2.24) is 0 Å². The minimum Gasteiger partial charge on any atom is -0.310 e. The molecule has 0 aromatic heterocycles. The maximum atomic E-state index is 8.70. The van der Waals surface area contributed by atoms with Crippen LogP contribution in [0.3, 0.4) is 0 Å². The minimum absolute atomic E-state index is 0.318. The van der Waals surface area contributed by atoms with E-state index in [1.54, 1.807) is 0 Å². The molecule has 0 saturated carbocycles. The minimum atomic E-state index is -1.01. The van der Waals surface area contributed by atoms with Gasteiger partial charge in [0.15, 0.2) is 0 Å². The van der Waals surface area contributed by atoms with Gasteiger partial charge in [-0.2, -0.15) is 10.5 Å². The number of hydrogen-bond donors (Lipinski definition) is 2. The Bertz CT molecular complexity index is 491. The molecule has 4 heteroatoms. The predicted octanol–water partition coefficient (Wildman–Crippen LogP) is 1.83. The summed E-state index contributed by atoms with van der Waals surface area (Å²) in [4.78, 5) is 0. The molecule has 4 N–H and O–H groups in total. The molecule has 18 heavy (non-hydrogen) atoms. The molecule has 0 atom stereocenters. The van der Waals surface area contributed by atoms with Crippen molar-refractivity contribution in [3.63, 3.8) is 0 Å². The van der Waals surface area contributed by atoms with Crippen molar-refractivity contribution in [2.75, 3.05) is 0 Å².